The molecule has 2 aromatic rings. The number of aromatic nitrogens is 1. The highest BCUT2D eigenvalue weighted by atomic mass is 19.3. The smallest absolute Gasteiger partial charge is 0.261 e. The van der Waals surface area contributed by atoms with Gasteiger partial charge in [0, 0.05) is 43.9 Å². The molecule has 2 saturated heterocycles. The molecular formula is C23H25F3N5O3. The normalized spacial score (nSPS) is 22.7. The Morgan fingerprint density at radius 1 is 1.21 bits per heavy atom. The summed E-state index contributed by atoms with van der Waals surface area (Å²) in [5.41, 5.74) is 5.35. The lowest BCUT2D eigenvalue weighted by Crippen LogP contribution is -2.50. The number of nitrogens with one attached hydrogen (secondary N) is 1. The van der Waals surface area contributed by atoms with Crippen molar-refractivity contribution < 1.29 is 22.8 Å². The number of rotatable bonds is 7. The number of primary amides is 1. The number of likely N-dealkylation sites (tertiary alicyclic amines) is 2. The maximum atomic E-state index is 14.7. The second-order valence-electron chi connectivity index (χ2n) is 8.61. The first-order valence-corrected chi connectivity index (χ1v) is 10.9. The molecule has 3 N–H and O–H groups in total. The molecule has 2 fully saturated rings. The standard InChI is InChI=1S/C23H25F3N5O3/c24-17-11-15(30-9-2-1-3-21(30)33)4-6-18(17)28-20(32)13-31-16(5-7-19(31)22(27)34)12-29-10-8-23(25,26)14-29/h1-4,6-7,9,11,16,19H,5,8,10,12-14H2,(H2,27,34)(H,28,32)/t16-,19?/m0/s1. The van der Waals surface area contributed by atoms with E-state index in [2.05, 4.69) is 5.32 Å². The molecule has 4 rings (SSSR count). The minimum absolute atomic E-state index is 0.0905. The number of hydrogen-bond donors (Lipinski definition) is 2. The van der Waals surface area contributed by atoms with Crippen LogP contribution in [0.5, 0.6) is 0 Å². The molecule has 3 heterocycles. The summed E-state index contributed by atoms with van der Waals surface area (Å²) in [5, 5.41) is 2.47. The third-order valence-corrected chi connectivity index (χ3v) is 6.12. The Bertz CT molecular complexity index is 1140. The van der Waals surface area contributed by atoms with E-state index in [9.17, 15) is 27.6 Å². The number of halogens is 3. The third kappa shape index (κ3) is 5.31. The number of nitrogens with zero attached hydrogens (tertiary/aromatic N) is 3. The first kappa shape index (κ1) is 24.0. The molecule has 2 atom stereocenters. The van der Waals surface area contributed by atoms with Gasteiger partial charge in [0.1, 0.15) is 5.82 Å². The molecule has 0 aliphatic carbocycles. The Kier molecular flexibility index (Phi) is 6.76. The van der Waals surface area contributed by atoms with Gasteiger partial charge in [-0.2, -0.15) is 0 Å². The van der Waals surface area contributed by atoms with Gasteiger partial charge in [-0.15, -0.1) is 0 Å². The van der Waals surface area contributed by atoms with E-state index >= 15 is 0 Å². The van der Waals surface area contributed by atoms with Crippen molar-refractivity contribution in [2.75, 3.05) is 31.5 Å². The van der Waals surface area contributed by atoms with Crippen LogP contribution in [0.1, 0.15) is 12.8 Å². The second-order valence-corrected chi connectivity index (χ2v) is 8.61. The van der Waals surface area contributed by atoms with E-state index in [1.54, 1.807) is 28.4 Å². The van der Waals surface area contributed by atoms with E-state index in [-0.39, 0.29) is 49.9 Å². The highest BCUT2D eigenvalue weighted by Gasteiger charge is 2.43. The van der Waals surface area contributed by atoms with Crippen LogP contribution in [0.4, 0.5) is 18.9 Å². The molecule has 2 amide bonds. The van der Waals surface area contributed by atoms with Crippen molar-refractivity contribution in [2.45, 2.75) is 30.8 Å². The van der Waals surface area contributed by atoms with E-state index < -0.39 is 29.6 Å². The van der Waals surface area contributed by atoms with Crippen LogP contribution in [0, 0.1) is 12.2 Å². The van der Waals surface area contributed by atoms with Gasteiger partial charge in [-0.1, -0.05) is 6.07 Å². The van der Waals surface area contributed by atoms with Crippen LogP contribution in [-0.4, -0.2) is 70.4 Å². The number of pyridine rings is 1. The van der Waals surface area contributed by atoms with Crippen LogP contribution in [0.15, 0.2) is 47.4 Å². The fourth-order valence-electron chi connectivity index (χ4n) is 4.48. The summed E-state index contributed by atoms with van der Waals surface area (Å²) in [7, 11) is 0. The van der Waals surface area contributed by atoms with Crippen molar-refractivity contribution in [3.05, 3.63) is 65.2 Å². The zero-order valence-corrected chi connectivity index (χ0v) is 18.3. The van der Waals surface area contributed by atoms with Gasteiger partial charge in [-0.05, 0) is 31.0 Å². The van der Waals surface area contributed by atoms with Crippen molar-refractivity contribution in [1.82, 2.24) is 14.4 Å². The van der Waals surface area contributed by atoms with Gasteiger partial charge in [0.15, 0.2) is 0 Å². The molecule has 2 aliphatic heterocycles. The summed E-state index contributed by atoms with van der Waals surface area (Å²) in [6, 6.07) is 7.34. The number of alkyl halides is 2. The largest absolute Gasteiger partial charge is 0.368 e. The molecule has 181 valence electrons. The fraction of sp³-hybridized carbons (Fsp3) is 0.391. The van der Waals surface area contributed by atoms with Crippen molar-refractivity contribution in [3.63, 3.8) is 0 Å². The van der Waals surface area contributed by atoms with Crippen LogP contribution >= 0.6 is 0 Å². The molecule has 11 heteroatoms. The molecule has 1 radical (unpaired) electrons. The number of amides is 2. The zero-order chi connectivity index (χ0) is 24.5. The summed E-state index contributed by atoms with van der Waals surface area (Å²) in [6.45, 7) is -0.143. The molecule has 0 bridgehead atoms. The van der Waals surface area contributed by atoms with Gasteiger partial charge >= 0.3 is 0 Å². The molecular weight excluding hydrogens is 451 g/mol. The minimum atomic E-state index is -2.75. The predicted octanol–water partition coefficient (Wildman–Crippen LogP) is 1.39. The molecule has 0 spiro atoms. The molecule has 0 saturated carbocycles. The van der Waals surface area contributed by atoms with Crippen LogP contribution in [0.2, 0.25) is 0 Å². The minimum Gasteiger partial charge on any atom is -0.368 e. The van der Waals surface area contributed by atoms with Gasteiger partial charge in [-0.3, -0.25) is 28.8 Å². The monoisotopic (exact) mass is 476 g/mol. The van der Waals surface area contributed by atoms with Gasteiger partial charge in [0.2, 0.25) is 11.8 Å². The Hall–Kier alpha value is -3.18. The van der Waals surface area contributed by atoms with Crippen LogP contribution in [0.3, 0.4) is 0 Å². The summed E-state index contributed by atoms with van der Waals surface area (Å²) in [5.74, 6) is -4.72. The maximum Gasteiger partial charge on any atom is 0.261 e. The Labute approximate surface area is 194 Å². The summed E-state index contributed by atoms with van der Waals surface area (Å²) in [4.78, 5) is 39.7. The maximum absolute atomic E-state index is 14.7. The molecule has 34 heavy (non-hydrogen) atoms. The predicted molar refractivity (Wildman–Crippen MR) is 119 cm³/mol. The lowest BCUT2D eigenvalue weighted by molar-refractivity contribution is -0.124. The fourth-order valence-corrected chi connectivity index (χ4v) is 4.48. The van der Waals surface area contributed by atoms with E-state index in [1.165, 1.54) is 29.0 Å². The molecule has 1 unspecified atom stereocenters. The number of benzene rings is 1. The van der Waals surface area contributed by atoms with E-state index in [4.69, 9.17) is 5.73 Å². The molecule has 2 aliphatic rings. The van der Waals surface area contributed by atoms with Crippen molar-refractivity contribution in [1.29, 1.82) is 0 Å². The SMILES string of the molecule is NC(=O)C1[CH]C[C@@H](CN2CCC(F)(F)C2)N1CC(=O)Nc1ccc(-n2ccccc2=O)cc1F. The number of carbonyl (C=O) groups excluding carboxylic acids is 2. The number of carbonyl (C=O) groups is 2. The van der Waals surface area contributed by atoms with Crippen LogP contribution in [0.25, 0.3) is 5.69 Å². The zero-order valence-electron chi connectivity index (χ0n) is 18.3. The summed E-state index contributed by atoms with van der Waals surface area (Å²) >= 11 is 0. The second kappa shape index (κ2) is 9.59. The number of anilines is 1. The number of nitrogens with two attached hydrogens (primary N) is 1. The first-order chi connectivity index (χ1) is 16.1. The van der Waals surface area contributed by atoms with Crippen LogP contribution < -0.4 is 16.6 Å². The van der Waals surface area contributed by atoms with Crippen molar-refractivity contribution >= 4 is 17.5 Å². The summed E-state index contributed by atoms with van der Waals surface area (Å²) in [6.07, 6.45) is 3.35. The van der Waals surface area contributed by atoms with Gasteiger partial charge in [0.25, 0.3) is 11.5 Å². The van der Waals surface area contributed by atoms with Gasteiger partial charge in [-0.25, -0.2) is 13.2 Å². The van der Waals surface area contributed by atoms with Crippen LogP contribution in [-0.2, 0) is 9.59 Å². The first-order valence-electron chi connectivity index (χ1n) is 10.9. The Balaban J connectivity index is 1.44. The van der Waals surface area contributed by atoms with Gasteiger partial charge < -0.3 is 11.1 Å². The Morgan fingerprint density at radius 3 is 2.65 bits per heavy atom. The average molecular weight is 476 g/mol. The third-order valence-electron chi connectivity index (χ3n) is 6.12. The van der Waals surface area contributed by atoms with Crippen molar-refractivity contribution in [3.8, 4) is 5.69 Å². The van der Waals surface area contributed by atoms with E-state index in [1.807, 2.05) is 0 Å². The highest BCUT2D eigenvalue weighted by molar-refractivity contribution is 5.93. The summed E-state index contributed by atoms with van der Waals surface area (Å²) < 4.78 is 43.1. The van der Waals surface area contributed by atoms with E-state index in [0.717, 1.165) is 6.07 Å². The quantitative estimate of drug-likeness (QED) is 0.629. The van der Waals surface area contributed by atoms with Gasteiger partial charge in [0.05, 0.1) is 30.5 Å². The molecule has 8 nitrogen and oxygen atoms in total. The molecule has 1 aromatic heterocycles. The molecule has 1 aromatic carbocycles. The van der Waals surface area contributed by atoms with E-state index in [0.29, 0.717) is 12.1 Å². The van der Waals surface area contributed by atoms with Crippen molar-refractivity contribution in [2.24, 2.45) is 5.73 Å². The topological polar surface area (TPSA) is 101 Å². The highest BCUT2D eigenvalue weighted by Crippen LogP contribution is 2.30. The number of hydrogen-bond acceptors (Lipinski definition) is 5. The lowest BCUT2D eigenvalue weighted by atomic mass is 10.2. The average Bonchev–Trinajstić information content (AvgIpc) is 3.32. The lowest BCUT2D eigenvalue weighted by Gasteiger charge is -2.30. The Morgan fingerprint density at radius 2 is 2.00 bits per heavy atom.